The monoisotopic (exact) mass is 283 g/mol. The summed E-state index contributed by atoms with van der Waals surface area (Å²) in [6.07, 6.45) is 1.14. The zero-order valence-electron chi connectivity index (χ0n) is 13.5. The van der Waals surface area contributed by atoms with E-state index < -0.39 is 0 Å². The minimum atomic E-state index is -0.108. The lowest BCUT2D eigenvalue weighted by molar-refractivity contribution is -0.0395. The van der Waals surface area contributed by atoms with Crippen molar-refractivity contribution in [3.05, 3.63) is 23.2 Å². The van der Waals surface area contributed by atoms with Gasteiger partial charge in [0.15, 0.2) is 0 Å². The van der Waals surface area contributed by atoms with Crippen LogP contribution in [0.15, 0.2) is 10.5 Å². The Morgan fingerprint density at radius 1 is 1.25 bits per heavy atom. The molecule has 0 bridgehead atoms. The molecule has 1 rings (SSSR count). The Labute approximate surface area is 122 Å². The maximum Gasteiger partial charge on any atom is 0.130 e. The van der Waals surface area contributed by atoms with Crippen LogP contribution in [-0.2, 0) is 22.6 Å². The van der Waals surface area contributed by atoms with Gasteiger partial charge in [0.2, 0.25) is 0 Å². The maximum absolute atomic E-state index is 5.69. The highest BCUT2D eigenvalue weighted by Gasteiger charge is 2.10. The van der Waals surface area contributed by atoms with Crippen LogP contribution in [-0.4, -0.2) is 25.4 Å². The summed E-state index contributed by atoms with van der Waals surface area (Å²) >= 11 is 0. The summed E-state index contributed by atoms with van der Waals surface area (Å²) in [5.74, 6) is 1.85. The van der Waals surface area contributed by atoms with Crippen LogP contribution in [0.25, 0.3) is 0 Å². The highest BCUT2D eigenvalue weighted by atomic mass is 16.5. The lowest BCUT2D eigenvalue weighted by Crippen LogP contribution is -2.21. The van der Waals surface area contributed by atoms with Gasteiger partial charge in [0, 0.05) is 12.1 Å². The molecule has 0 saturated heterocycles. The predicted molar refractivity (Wildman–Crippen MR) is 80.8 cm³/mol. The molecule has 1 aromatic heterocycles. The molecule has 0 aromatic carbocycles. The SMILES string of the molecule is CCCNCc1cc(COCCOC(C)(C)C)oc1C. The van der Waals surface area contributed by atoms with Crippen molar-refractivity contribution < 1.29 is 13.9 Å². The van der Waals surface area contributed by atoms with Crippen molar-refractivity contribution in [3.63, 3.8) is 0 Å². The van der Waals surface area contributed by atoms with Crippen LogP contribution in [0.5, 0.6) is 0 Å². The average Bonchev–Trinajstić information content (AvgIpc) is 2.69. The molecule has 1 N–H and O–H groups in total. The van der Waals surface area contributed by atoms with Crippen molar-refractivity contribution in [2.75, 3.05) is 19.8 Å². The van der Waals surface area contributed by atoms with Gasteiger partial charge >= 0.3 is 0 Å². The van der Waals surface area contributed by atoms with Gasteiger partial charge in [-0.3, -0.25) is 0 Å². The summed E-state index contributed by atoms with van der Waals surface area (Å²) in [5, 5.41) is 3.38. The molecule has 0 saturated carbocycles. The second-order valence-electron chi connectivity index (χ2n) is 5.98. The molecule has 0 spiro atoms. The van der Waals surface area contributed by atoms with Crippen LogP contribution in [0.3, 0.4) is 0 Å². The molecule has 4 nitrogen and oxygen atoms in total. The van der Waals surface area contributed by atoms with E-state index in [2.05, 4.69) is 18.3 Å². The van der Waals surface area contributed by atoms with Gasteiger partial charge in [-0.05, 0) is 46.7 Å². The van der Waals surface area contributed by atoms with E-state index in [0.717, 1.165) is 31.0 Å². The number of nitrogens with one attached hydrogen (secondary N) is 1. The van der Waals surface area contributed by atoms with Crippen molar-refractivity contribution in [2.45, 2.75) is 59.8 Å². The van der Waals surface area contributed by atoms with Crippen LogP contribution >= 0.6 is 0 Å². The van der Waals surface area contributed by atoms with Crippen LogP contribution in [0, 0.1) is 6.92 Å². The molecule has 0 fully saturated rings. The zero-order valence-corrected chi connectivity index (χ0v) is 13.5. The summed E-state index contributed by atoms with van der Waals surface area (Å²) in [4.78, 5) is 0. The molecule has 0 aliphatic heterocycles. The van der Waals surface area contributed by atoms with E-state index in [1.165, 1.54) is 5.56 Å². The number of rotatable bonds is 9. The van der Waals surface area contributed by atoms with Gasteiger partial charge in [-0.2, -0.15) is 0 Å². The molecule has 4 heteroatoms. The second-order valence-corrected chi connectivity index (χ2v) is 5.98. The third kappa shape index (κ3) is 7.08. The Morgan fingerprint density at radius 3 is 2.65 bits per heavy atom. The number of hydrogen-bond acceptors (Lipinski definition) is 4. The van der Waals surface area contributed by atoms with Gasteiger partial charge in [0.25, 0.3) is 0 Å². The maximum atomic E-state index is 5.69. The first-order valence-corrected chi connectivity index (χ1v) is 7.43. The topological polar surface area (TPSA) is 43.6 Å². The average molecular weight is 283 g/mol. The van der Waals surface area contributed by atoms with Crippen molar-refractivity contribution in [1.29, 1.82) is 0 Å². The summed E-state index contributed by atoms with van der Waals surface area (Å²) in [6.45, 7) is 13.9. The van der Waals surface area contributed by atoms with E-state index in [9.17, 15) is 0 Å². The molecule has 0 radical (unpaired) electrons. The fraction of sp³-hybridized carbons (Fsp3) is 0.750. The minimum Gasteiger partial charge on any atom is -0.464 e. The van der Waals surface area contributed by atoms with Gasteiger partial charge in [-0.25, -0.2) is 0 Å². The van der Waals surface area contributed by atoms with E-state index in [1.807, 2.05) is 27.7 Å². The first-order chi connectivity index (χ1) is 9.42. The number of ether oxygens (including phenoxy) is 2. The van der Waals surface area contributed by atoms with Crippen molar-refractivity contribution >= 4 is 0 Å². The molecule has 0 unspecified atom stereocenters. The zero-order chi connectivity index (χ0) is 15.0. The summed E-state index contributed by atoms with van der Waals surface area (Å²) < 4.78 is 16.9. The van der Waals surface area contributed by atoms with Gasteiger partial charge in [-0.15, -0.1) is 0 Å². The fourth-order valence-electron chi connectivity index (χ4n) is 1.81. The van der Waals surface area contributed by atoms with Crippen LogP contribution in [0.1, 0.15) is 51.2 Å². The van der Waals surface area contributed by atoms with E-state index in [-0.39, 0.29) is 5.60 Å². The number of aryl methyl sites for hydroxylation is 1. The van der Waals surface area contributed by atoms with E-state index >= 15 is 0 Å². The molecule has 20 heavy (non-hydrogen) atoms. The summed E-state index contributed by atoms with van der Waals surface area (Å²) in [6, 6.07) is 2.07. The molecule has 0 aliphatic carbocycles. The van der Waals surface area contributed by atoms with E-state index in [4.69, 9.17) is 13.9 Å². The number of furan rings is 1. The predicted octanol–water partition coefficient (Wildman–Crippen LogP) is 3.42. The Kier molecular flexibility index (Phi) is 7.27. The van der Waals surface area contributed by atoms with E-state index in [0.29, 0.717) is 19.8 Å². The molecule has 1 heterocycles. The third-order valence-corrected chi connectivity index (χ3v) is 2.82. The van der Waals surface area contributed by atoms with Crippen molar-refractivity contribution in [2.24, 2.45) is 0 Å². The molecular weight excluding hydrogens is 254 g/mol. The van der Waals surface area contributed by atoms with Crippen LogP contribution in [0.2, 0.25) is 0 Å². The lowest BCUT2D eigenvalue weighted by atomic mass is 10.2. The van der Waals surface area contributed by atoms with Gasteiger partial charge in [0.1, 0.15) is 18.1 Å². The Bertz CT molecular complexity index is 380. The highest BCUT2D eigenvalue weighted by molar-refractivity contribution is 5.20. The highest BCUT2D eigenvalue weighted by Crippen LogP contribution is 2.15. The molecular formula is C16H29NO3. The first-order valence-electron chi connectivity index (χ1n) is 7.43. The Morgan fingerprint density at radius 2 is 2.00 bits per heavy atom. The standard InChI is InChI=1S/C16H29NO3/c1-6-7-17-11-14-10-15(20-13(14)2)12-18-8-9-19-16(3,4)5/h10,17H,6-9,11-12H2,1-5H3. The quantitative estimate of drug-likeness (QED) is 0.705. The first kappa shape index (κ1) is 17.2. The minimum absolute atomic E-state index is 0.108. The largest absolute Gasteiger partial charge is 0.464 e. The number of hydrogen-bond donors (Lipinski definition) is 1. The van der Waals surface area contributed by atoms with Crippen molar-refractivity contribution in [1.82, 2.24) is 5.32 Å². The summed E-state index contributed by atoms with van der Waals surface area (Å²) in [7, 11) is 0. The van der Waals surface area contributed by atoms with Crippen LogP contribution < -0.4 is 5.32 Å². The molecule has 1 aromatic rings. The second kappa shape index (κ2) is 8.45. The molecule has 0 atom stereocenters. The van der Waals surface area contributed by atoms with E-state index in [1.54, 1.807) is 0 Å². The fourth-order valence-corrected chi connectivity index (χ4v) is 1.81. The Balaban J connectivity index is 2.25. The van der Waals surface area contributed by atoms with Gasteiger partial charge in [-0.1, -0.05) is 6.92 Å². The summed E-state index contributed by atoms with van der Waals surface area (Å²) in [5.41, 5.74) is 1.10. The molecule has 116 valence electrons. The smallest absolute Gasteiger partial charge is 0.130 e. The van der Waals surface area contributed by atoms with Crippen LogP contribution in [0.4, 0.5) is 0 Å². The normalized spacial score (nSPS) is 12.1. The Hall–Kier alpha value is -0.840. The van der Waals surface area contributed by atoms with Crippen molar-refractivity contribution in [3.8, 4) is 0 Å². The molecule has 0 aliphatic rings. The third-order valence-electron chi connectivity index (χ3n) is 2.82. The van der Waals surface area contributed by atoms with Gasteiger partial charge < -0.3 is 19.2 Å². The molecule has 0 amide bonds. The lowest BCUT2D eigenvalue weighted by Gasteiger charge is -2.19. The van der Waals surface area contributed by atoms with Gasteiger partial charge in [0.05, 0.1) is 18.8 Å².